The summed E-state index contributed by atoms with van der Waals surface area (Å²) in [5, 5.41) is 5.15. The molecule has 1 aliphatic rings. The summed E-state index contributed by atoms with van der Waals surface area (Å²) in [5.41, 5.74) is 0.519. The summed E-state index contributed by atoms with van der Waals surface area (Å²) < 4.78 is 10.1. The molecule has 7 heteroatoms. The third kappa shape index (κ3) is 5.61. The number of amides is 2. The van der Waals surface area contributed by atoms with Crippen LogP contribution in [0.4, 0.5) is 4.79 Å². The fraction of sp³-hybridized carbons (Fsp3) is 0.438. The molecule has 0 aliphatic carbocycles. The Morgan fingerprint density at radius 2 is 1.96 bits per heavy atom. The predicted molar refractivity (Wildman–Crippen MR) is 84.3 cm³/mol. The van der Waals surface area contributed by atoms with Gasteiger partial charge in [-0.3, -0.25) is 0 Å². The third-order valence-electron chi connectivity index (χ3n) is 3.04. The number of hydrogen-bond acceptors (Lipinski definition) is 5. The van der Waals surface area contributed by atoms with Gasteiger partial charge in [-0.05, 0) is 20.3 Å². The number of ether oxygens (including phenoxy) is 2. The molecule has 0 fully saturated rings. The molecule has 0 aromatic rings. The van der Waals surface area contributed by atoms with E-state index >= 15 is 0 Å². The normalized spacial score (nSPS) is 18.0. The molecule has 0 radical (unpaired) electrons. The lowest BCUT2D eigenvalue weighted by atomic mass is 10.0. The van der Waals surface area contributed by atoms with Crippen LogP contribution in [0, 0.1) is 0 Å². The minimum absolute atomic E-state index is 0.211. The van der Waals surface area contributed by atoms with Gasteiger partial charge in [0.25, 0.3) is 0 Å². The standard InChI is InChI=1S/C16H22N2O5/c1-4-7-8-9-13(19)23-10-12-14(15(20)22-6-3)11(5-2)17-16(21)18-12/h4,7-9,11H,5-6,10H2,1-3H3,(H2,17,18,21)/b7-4+,9-8+. The molecule has 2 amide bonds. The lowest BCUT2D eigenvalue weighted by Gasteiger charge is -2.28. The van der Waals surface area contributed by atoms with Gasteiger partial charge >= 0.3 is 18.0 Å². The monoisotopic (exact) mass is 322 g/mol. The molecular formula is C16H22N2O5. The van der Waals surface area contributed by atoms with Crippen molar-refractivity contribution in [2.45, 2.75) is 33.2 Å². The highest BCUT2D eigenvalue weighted by Crippen LogP contribution is 2.17. The Labute approximate surface area is 135 Å². The first-order chi connectivity index (χ1) is 11.0. The Bertz CT molecular complexity index is 549. The molecule has 0 saturated carbocycles. The van der Waals surface area contributed by atoms with Crippen molar-refractivity contribution in [3.05, 3.63) is 35.6 Å². The summed E-state index contributed by atoms with van der Waals surface area (Å²) in [6.45, 7) is 5.35. The zero-order valence-electron chi connectivity index (χ0n) is 13.5. The Morgan fingerprint density at radius 1 is 1.22 bits per heavy atom. The molecule has 1 rings (SSSR count). The minimum atomic E-state index is -0.570. The Kier molecular flexibility index (Phi) is 7.59. The van der Waals surface area contributed by atoms with Crippen LogP contribution in [0.2, 0.25) is 0 Å². The largest absolute Gasteiger partial charge is 0.463 e. The average molecular weight is 322 g/mol. The molecule has 23 heavy (non-hydrogen) atoms. The van der Waals surface area contributed by atoms with Crippen LogP contribution >= 0.6 is 0 Å². The summed E-state index contributed by atoms with van der Waals surface area (Å²) in [4.78, 5) is 35.3. The van der Waals surface area contributed by atoms with Gasteiger partial charge in [0, 0.05) is 6.08 Å². The first-order valence-electron chi connectivity index (χ1n) is 7.47. The fourth-order valence-electron chi connectivity index (χ4n) is 2.01. The maximum Gasteiger partial charge on any atom is 0.338 e. The Hall–Kier alpha value is -2.57. The van der Waals surface area contributed by atoms with E-state index in [4.69, 9.17) is 9.47 Å². The van der Waals surface area contributed by atoms with Gasteiger partial charge in [-0.25, -0.2) is 14.4 Å². The van der Waals surface area contributed by atoms with Gasteiger partial charge in [-0.2, -0.15) is 0 Å². The van der Waals surface area contributed by atoms with Crippen LogP contribution in [0.25, 0.3) is 0 Å². The second-order valence-electron chi connectivity index (χ2n) is 4.66. The number of carbonyl (C=O) groups is 3. The van der Waals surface area contributed by atoms with E-state index in [9.17, 15) is 14.4 Å². The molecule has 1 atom stereocenters. The van der Waals surface area contributed by atoms with E-state index in [0.29, 0.717) is 6.42 Å². The van der Waals surface area contributed by atoms with Crippen molar-refractivity contribution in [2.24, 2.45) is 0 Å². The summed E-state index contributed by atoms with van der Waals surface area (Å²) in [7, 11) is 0. The van der Waals surface area contributed by atoms with Crippen LogP contribution in [-0.2, 0) is 19.1 Å². The van der Waals surface area contributed by atoms with E-state index < -0.39 is 24.0 Å². The molecule has 0 spiro atoms. The summed E-state index contributed by atoms with van der Waals surface area (Å²) in [5.74, 6) is -1.11. The van der Waals surface area contributed by atoms with Gasteiger partial charge in [0.05, 0.1) is 23.9 Å². The predicted octanol–water partition coefficient (Wildman–Crippen LogP) is 1.57. The highest BCUT2D eigenvalue weighted by molar-refractivity contribution is 5.95. The minimum Gasteiger partial charge on any atom is -0.463 e. The lowest BCUT2D eigenvalue weighted by Crippen LogP contribution is -2.51. The second-order valence-corrected chi connectivity index (χ2v) is 4.66. The van der Waals surface area contributed by atoms with Crippen molar-refractivity contribution >= 4 is 18.0 Å². The number of urea groups is 1. The lowest BCUT2D eigenvalue weighted by molar-refractivity contribution is -0.140. The van der Waals surface area contributed by atoms with Gasteiger partial charge in [-0.15, -0.1) is 0 Å². The van der Waals surface area contributed by atoms with E-state index in [1.807, 2.05) is 13.8 Å². The van der Waals surface area contributed by atoms with Gasteiger partial charge in [0.2, 0.25) is 0 Å². The number of carbonyl (C=O) groups excluding carboxylic acids is 3. The zero-order valence-corrected chi connectivity index (χ0v) is 13.5. The number of esters is 2. The van der Waals surface area contributed by atoms with Crippen molar-refractivity contribution in [2.75, 3.05) is 13.2 Å². The number of allylic oxidation sites excluding steroid dienone is 3. The van der Waals surface area contributed by atoms with Crippen LogP contribution in [0.15, 0.2) is 35.6 Å². The maximum absolute atomic E-state index is 12.1. The van der Waals surface area contributed by atoms with Crippen molar-refractivity contribution < 1.29 is 23.9 Å². The fourth-order valence-corrected chi connectivity index (χ4v) is 2.01. The molecule has 1 aliphatic heterocycles. The number of nitrogens with one attached hydrogen (secondary N) is 2. The van der Waals surface area contributed by atoms with Crippen molar-refractivity contribution in [1.82, 2.24) is 10.6 Å². The quantitative estimate of drug-likeness (QED) is 0.421. The first kappa shape index (κ1) is 18.5. The molecule has 0 bridgehead atoms. The molecule has 126 valence electrons. The molecule has 0 saturated heterocycles. The molecule has 0 aromatic heterocycles. The van der Waals surface area contributed by atoms with Crippen molar-refractivity contribution in [1.29, 1.82) is 0 Å². The maximum atomic E-state index is 12.1. The number of hydrogen-bond donors (Lipinski definition) is 2. The second kappa shape index (κ2) is 9.45. The smallest absolute Gasteiger partial charge is 0.338 e. The van der Waals surface area contributed by atoms with Crippen LogP contribution < -0.4 is 10.6 Å². The highest BCUT2D eigenvalue weighted by atomic mass is 16.5. The van der Waals surface area contributed by atoms with Gasteiger partial charge in [0.1, 0.15) is 6.61 Å². The van der Waals surface area contributed by atoms with Crippen molar-refractivity contribution in [3.63, 3.8) is 0 Å². The van der Waals surface area contributed by atoms with Gasteiger partial charge in [-0.1, -0.05) is 25.2 Å². The topological polar surface area (TPSA) is 93.7 Å². The van der Waals surface area contributed by atoms with E-state index in [-0.39, 0.29) is 24.5 Å². The van der Waals surface area contributed by atoms with Crippen LogP contribution in [0.5, 0.6) is 0 Å². The van der Waals surface area contributed by atoms with E-state index in [2.05, 4.69) is 10.6 Å². The average Bonchev–Trinajstić information content (AvgIpc) is 2.52. The summed E-state index contributed by atoms with van der Waals surface area (Å²) in [6.07, 6.45) is 6.76. The number of rotatable bonds is 7. The molecule has 1 unspecified atom stereocenters. The van der Waals surface area contributed by atoms with Gasteiger partial charge in [0.15, 0.2) is 0 Å². The van der Waals surface area contributed by atoms with Crippen LogP contribution in [0.1, 0.15) is 27.2 Å². The molecular weight excluding hydrogens is 300 g/mol. The Morgan fingerprint density at radius 3 is 2.57 bits per heavy atom. The summed E-state index contributed by atoms with van der Waals surface area (Å²) in [6, 6.07) is -0.921. The molecule has 7 nitrogen and oxygen atoms in total. The molecule has 0 aromatic carbocycles. The van der Waals surface area contributed by atoms with E-state index in [0.717, 1.165) is 0 Å². The first-order valence-corrected chi connectivity index (χ1v) is 7.47. The van der Waals surface area contributed by atoms with E-state index in [1.165, 1.54) is 6.08 Å². The van der Waals surface area contributed by atoms with Crippen molar-refractivity contribution in [3.8, 4) is 0 Å². The highest BCUT2D eigenvalue weighted by Gasteiger charge is 2.31. The zero-order chi connectivity index (χ0) is 17.2. The van der Waals surface area contributed by atoms with E-state index in [1.54, 1.807) is 25.2 Å². The summed E-state index contributed by atoms with van der Waals surface area (Å²) >= 11 is 0. The molecule has 2 N–H and O–H groups in total. The molecule has 1 heterocycles. The van der Waals surface area contributed by atoms with Gasteiger partial charge < -0.3 is 20.1 Å². The SMILES string of the molecule is C/C=C/C=C/C(=O)OCC1=C(C(=O)OCC)C(CC)NC(=O)N1. The Balaban J connectivity index is 2.92. The van der Waals surface area contributed by atoms with Crippen LogP contribution in [0.3, 0.4) is 0 Å². The van der Waals surface area contributed by atoms with Crippen LogP contribution in [-0.4, -0.2) is 37.2 Å². The third-order valence-corrected chi connectivity index (χ3v) is 3.04.